The zero-order valence-electron chi connectivity index (χ0n) is 12.7. The Morgan fingerprint density at radius 1 is 0.789 bits per heavy atom. The van der Waals surface area contributed by atoms with Crippen LogP contribution in [0.4, 0.5) is 0 Å². The summed E-state index contributed by atoms with van der Waals surface area (Å²) in [6, 6.07) is 17.6. The van der Waals surface area contributed by atoms with Crippen molar-refractivity contribution < 1.29 is 0 Å². The molecule has 2 aromatic carbocycles. The third kappa shape index (κ3) is 2.58. The number of aryl methyl sites for hydroxylation is 1. The fourth-order valence-electron chi connectivity index (χ4n) is 2.99. The molecule has 0 N–H and O–H groups in total. The van der Waals surface area contributed by atoms with E-state index in [1.807, 2.05) is 0 Å². The van der Waals surface area contributed by atoms with Gasteiger partial charge in [-0.1, -0.05) is 76.2 Å². The van der Waals surface area contributed by atoms with Gasteiger partial charge in [0.25, 0.3) is 0 Å². The van der Waals surface area contributed by atoms with Crippen LogP contribution in [0, 0.1) is 6.92 Å². The largest absolute Gasteiger partial charge is 0.0620 e. The summed E-state index contributed by atoms with van der Waals surface area (Å²) in [5.41, 5.74) is 5.73. The first-order valence-electron chi connectivity index (χ1n) is 7.10. The number of benzene rings is 2. The maximum absolute atomic E-state index is 2.33. The molecule has 2 aromatic rings. The molecule has 0 heteroatoms. The molecule has 0 bridgehead atoms. The standard InChI is InChI=1S/C19H24/c1-14(2)16-11-7-9-13-18(16)19(4,5)17-12-8-6-10-15(17)3/h6-14H,1-5H3. The highest BCUT2D eigenvalue weighted by Gasteiger charge is 2.27. The average Bonchev–Trinajstić information content (AvgIpc) is 2.39. The monoisotopic (exact) mass is 252 g/mol. The molecule has 2 rings (SSSR count). The molecule has 0 fully saturated rings. The minimum Gasteiger partial charge on any atom is -0.0620 e. The maximum atomic E-state index is 2.33. The quantitative estimate of drug-likeness (QED) is 0.682. The van der Waals surface area contributed by atoms with E-state index in [0.29, 0.717) is 5.92 Å². The summed E-state index contributed by atoms with van der Waals surface area (Å²) in [5.74, 6) is 0.555. The van der Waals surface area contributed by atoms with Gasteiger partial charge in [0, 0.05) is 5.41 Å². The lowest BCUT2D eigenvalue weighted by atomic mass is 9.73. The summed E-state index contributed by atoms with van der Waals surface area (Å²) in [7, 11) is 0. The minimum atomic E-state index is 0.0478. The van der Waals surface area contributed by atoms with Crippen LogP contribution in [0.2, 0.25) is 0 Å². The highest BCUT2D eigenvalue weighted by molar-refractivity contribution is 5.46. The Morgan fingerprint density at radius 2 is 1.32 bits per heavy atom. The van der Waals surface area contributed by atoms with Crippen LogP contribution in [-0.4, -0.2) is 0 Å². The van der Waals surface area contributed by atoms with Crippen LogP contribution in [0.1, 0.15) is 55.9 Å². The van der Waals surface area contributed by atoms with Gasteiger partial charge in [0.1, 0.15) is 0 Å². The van der Waals surface area contributed by atoms with Gasteiger partial charge < -0.3 is 0 Å². The minimum absolute atomic E-state index is 0.0478. The number of hydrogen-bond acceptors (Lipinski definition) is 0. The van der Waals surface area contributed by atoms with Gasteiger partial charge in [0.2, 0.25) is 0 Å². The van der Waals surface area contributed by atoms with Gasteiger partial charge in [0.15, 0.2) is 0 Å². The van der Waals surface area contributed by atoms with Gasteiger partial charge in [-0.25, -0.2) is 0 Å². The normalized spacial score (nSPS) is 11.9. The molecule has 0 aromatic heterocycles. The fourth-order valence-corrected chi connectivity index (χ4v) is 2.99. The Balaban J connectivity index is 2.60. The van der Waals surface area contributed by atoms with Crippen molar-refractivity contribution in [1.82, 2.24) is 0 Å². The average molecular weight is 252 g/mol. The number of hydrogen-bond donors (Lipinski definition) is 0. The zero-order chi connectivity index (χ0) is 14.0. The predicted molar refractivity (Wildman–Crippen MR) is 83.8 cm³/mol. The van der Waals surface area contributed by atoms with Crippen LogP contribution >= 0.6 is 0 Å². The molecule has 19 heavy (non-hydrogen) atoms. The van der Waals surface area contributed by atoms with E-state index in [-0.39, 0.29) is 5.41 Å². The van der Waals surface area contributed by atoms with Gasteiger partial charge in [-0.05, 0) is 35.1 Å². The Bertz CT molecular complexity index is 562. The van der Waals surface area contributed by atoms with Crippen molar-refractivity contribution in [3.63, 3.8) is 0 Å². The van der Waals surface area contributed by atoms with Gasteiger partial charge in [0.05, 0.1) is 0 Å². The van der Waals surface area contributed by atoms with E-state index in [1.165, 1.54) is 22.3 Å². The summed E-state index contributed by atoms with van der Waals surface area (Å²) in [4.78, 5) is 0. The molecule has 0 radical (unpaired) electrons. The van der Waals surface area contributed by atoms with E-state index < -0.39 is 0 Å². The lowest BCUT2D eigenvalue weighted by Crippen LogP contribution is -2.22. The summed E-state index contributed by atoms with van der Waals surface area (Å²) in [5, 5.41) is 0. The van der Waals surface area contributed by atoms with Gasteiger partial charge in [-0.2, -0.15) is 0 Å². The van der Waals surface area contributed by atoms with E-state index in [0.717, 1.165) is 0 Å². The van der Waals surface area contributed by atoms with Crippen LogP contribution in [0.15, 0.2) is 48.5 Å². The van der Waals surface area contributed by atoms with Crippen LogP contribution in [0.5, 0.6) is 0 Å². The SMILES string of the molecule is Cc1ccccc1C(C)(C)c1ccccc1C(C)C. The van der Waals surface area contributed by atoms with Crippen molar-refractivity contribution in [1.29, 1.82) is 0 Å². The smallest absolute Gasteiger partial charge is 0.0152 e. The lowest BCUT2D eigenvalue weighted by molar-refractivity contribution is 0.619. The highest BCUT2D eigenvalue weighted by Crippen LogP contribution is 2.37. The van der Waals surface area contributed by atoms with E-state index in [1.54, 1.807) is 0 Å². The van der Waals surface area contributed by atoms with Crippen molar-refractivity contribution >= 4 is 0 Å². The van der Waals surface area contributed by atoms with Crippen molar-refractivity contribution in [2.75, 3.05) is 0 Å². The molecule has 0 atom stereocenters. The topological polar surface area (TPSA) is 0 Å². The first kappa shape index (κ1) is 13.9. The molecule has 0 aliphatic heterocycles. The Morgan fingerprint density at radius 3 is 1.89 bits per heavy atom. The third-order valence-electron chi connectivity index (χ3n) is 4.07. The van der Waals surface area contributed by atoms with E-state index in [2.05, 4.69) is 83.1 Å². The van der Waals surface area contributed by atoms with E-state index >= 15 is 0 Å². The molecular weight excluding hydrogens is 228 g/mol. The molecule has 0 nitrogen and oxygen atoms in total. The first-order valence-corrected chi connectivity index (χ1v) is 7.10. The van der Waals surface area contributed by atoms with Crippen LogP contribution in [0.3, 0.4) is 0 Å². The zero-order valence-corrected chi connectivity index (χ0v) is 12.7. The number of rotatable bonds is 3. The molecule has 0 aliphatic rings. The van der Waals surface area contributed by atoms with Crippen LogP contribution in [0.25, 0.3) is 0 Å². The maximum Gasteiger partial charge on any atom is 0.0152 e. The molecular formula is C19H24. The molecule has 0 saturated carbocycles. The van der Waals surface area contributed by atoms with Crippen molar-refractivity contribution in [2.45, 2.75) is 46.0 Å². The second kappa shape index (κ2) is 5.21. The predicted octanol–water partition coefficient (Wildman–Crippen LogP) is 5.44. The summed E-state index contributed by atoms with van der Waals surface area (Å²) < 4.78 is 0. The second-order valence-electron chi connectivity index (χ2n) is 6.18. The third-order valence-corrected chi connectivity index (χ3v) is 4.07. The fraction of sp³-hybridized carbons (Fsp3) is 0.368. The van der Waals surface area contributed by atoms with E-state index in [4.69, 9.17) is 0 Å². The second-order valence-corrected chi connectivity index (χ2v) is 6.18. The first-order chi connectivity index (χ1) is 8.94. The summed E-state index contributed by atoms with van der Waals surface area (Å²) in [6.45, 7) is 11.4. The van der Waals surface area contributed by atoms with Gasteiger partial charge in [-0.3, -0.25) is 0 Å². The highest BCUT2D eigenvalue weighted by atomic mass is 14.3. The van der Waals surface area contributed by atoms with Gasteiger partial charge >= 0.3 is 0 Å². The molecule has 0 spiro atoms. The van der Waals surface area contributed by atoms with Crippen molar-refractivity contribution in [3.8, 4) is 0 Å². The Kier molecular flexibility index (Phi) is 3.80. The lowest BCUT2D eigenvalue weighted by Gasteiger charge is -2.31. The van der Waals surface area contributed by atoms with Crippen LogP contribution in [-0.2, 0) is 5.41 Å². The molecule has 0 saturated heterocycles. The van der Waals surface area contributed by atoms with Crippen LogP contribution < -0.4 is 0 Å². The molecule has 0 amide bonds. The molecule has 100 valence electrons. The molecule has 0 aliphatic carbocycles. The van der Waals surface area contributed by atoms with Crippen molar-refractivity contribution in [3.05, 3.63) is 70.8 Å². The van der Waals surface area contributed by atoms with Crippen molar-refractivity contribution in [2.24, 2.45) is 0 Å². The Labute approximate surface area is 117 Å². The Hall–Kier alpha value is -1.56. The summed E-state index contributed by atoms with van der Waals surface area (Å²) in [6.07, 6.45) is 0. The molecule has 0 unspecified atom stereocenters. The summed E-state index contributed by atoms with van der Waals surface area (Å²) >= 11 is 0. The molecule has 0 heterocycles. The van der Waals surface area contributed by atoms with Gasteiger partial charge in [-0.15, -0.1) is 0 Å². The van der Waals surface area contributed by atoms with E-state index in [9.17, 15) is 0 Å².